The summed E-state index contributed by atoms with van der Waals surface area (Å²) >= 11 is 0. The van der Waals surface area contributed by atoms with Crippen LogP contribution in [0, 0.1) is 35.7 Å². The molecule has 0 unspecified atom stereocenters. The zero-order valence-corrected chi connectivity index (χ0v) is 17.4. The van der Waals surface area contributed by atoms with Gasteiger partial charge in [-0.25, -0.2) is 0 Å². The average Bonchev–Trinajstić information content (AvgIpc) is 3.05. The van der Waals surface area contributed by atoms with Crippen LogP contribution in [0.5, 0.6) is 0 Å². The second kappa shape index (κ2) is 9.69. The number of nitro groups is 1. The molecule has 9 nitrogen and oxygen atoms in total. The minimum absolute atomic E-state index is 0.0219. The number of halogens is 1. The van der Waals surface area contributed by atoms with Crippen molar-refractivity contribution in [3.8, 4) is 0 Å². The lowest BCUT2D eigenvalue weighted by atomic mass is 9.96. The van der Waals surface area contributed by atoms with Gasteiger partial charge in [-0.2, -0.15) is 4.39 Å². The van der Waals surface area contributed by atoms with Gasteiger partial charge >= 0.3 is 17.5 Å². The fourth-order valence-corrected chi connectivity index (χ4v) is 3.67. The van der Waals surface area contributed by atoms with Crippen molar-refractivity contribution in [2.24, 2.45) is 5.92 Å². The van der Waals surface area contributed by atoms with Crippen LogP contribution in [0.3, 0.4) is 0 Å². The Hall–Kier alpha value is -3.27. The maximum absolute atomic E-state index is 13.4. The number of nitrogens with zero attached hydrogens (tertiary/aromatic N) is 2. The molecule has 10 heteroatoms. The SMILES string of the molecule is Cc1cc(CN2CCC(CNC(=O)C(=O)Nc3ccc(F)c([N+](=O)[O-])c3)CC2)c(C)o1. The topological polar surface area (TPSA) is 118 Å². The van der Waals surface area contributed by atoms with Crippen molar-refractivity contribution in [3.63, 3.8) is 0 Å². The fraction of sp³-hybridized carbons (Fsp3) is 0.429. The van der Waals surface area contributed by atoms with Crippen molar-refractivity contribution < 1.29 is 23.3 Å². The number of nitro benzene ring substituents is 1. The third-order valence-electron chi connectivity index (χ3n) is 5.40. The molecular formula is C21H25FN4O5. The molecule has 1 aromatic heterocycles. The monoisotopic (exact) mass is 432 g/mol. The molecule has 1 aliphatic rings. The van der Waals surface area contributed by atoms with Gasteiger partial charge in [-0.3, -0.25) is 24.6 Å². The van der Waals surface area contributed by atoms with E-state index in [1.165, 1.54) is 5.56 Å². The zero-order valence-electron chi connectivity index (χ0n) is 17.4. The highest BCUT2D eigenvalue weighted by molar-refractivity contribution is 6.39. The summed E-state index contributed by atoms with van der Waals surface area (Å²) in [5.74, 6) is -0.713. The molecule has 2 heterocycles. The molecule has 3 rings (SSSR count). The Morgan fingerprint density at radius 2 is 1.94 bits per heavy atom. The Labute approximate surface area is 178 Å². The molecular weight excluding hydrogens is 407 g/mol. The van der Waals surface area contributed by atoms with Gasteiger partial charge in [0.2, 0.25) is 5.82 Å². The molecule has 0 spiro atoms. The first-order valence-corrected chi connectivity index (χ1v) is 10.0. The highest BCUT2D eigenvalue weighted by Gasteiger charge is 2.23. The predicted octanol–water partition coefficient (Wildman–Crippen LogP) is 2.91. The lowest BCUT2D eigenvalue weighted by Gasteiger charge is -2.31. The van der Waals surface area contributed by atoms with E-state index in [1.807, 2.05) is 13.8 Å². The highest BCUT2D eigenvalue weighted by atomic mass is 19.1. The van der Waals surface area contributed by atoms with Crippen molar-refractivity contribution in [2.75, 3.05) is 25.0 Å². The molecule has 166 valence electrons. The van der Waals surface area contributed by atoms with Crippen LogP contribution in [-0.2, 0) is 16.1 Å². The van der Waals surface area contributed by atoms with Crippen LogP contribution < -0.4 is 10.6 Å². The summed E-state index contributed by atoms with van der Waals surface area (Å²) in [6, 6.07) is 4.95. The lowest BCUT2D eigenvalue weighted by molar-refractivity contribution is -0.387. The second-order valence-corrected chi connectivity index (χ2v) is 7.75. The first-order chi connectivity index (χ1) is 14.7. The summed E-state index contributed by atoms with van der Waals surface area (Å²) in [5, 5.41) is 15.6. The van der Waals surface area contributed by atoms with Gasteiger partial charge in [0.15, 0.2) is 0 Å². The van der Waals surface area contributed by atoms with Crippen LogP contribution in [0.1, 0.15) is 29.9 Å². The van der Waals surface area contributed by atoms with Crippen LogP contribution in [0.25, 0.3) is 0 Å². The van der Waals surface area contributed by atoms with Crippen LogP contribution in [0.2, 0.25) is 0 Å². The normalized spacial score (nSPS) is 14.9. The summed E-state index contributed by atoms with van der Waals surface area (Å²) < 4.78 is 18.9. The molecule has 0 aliphatic carbocycles. The number of hydrogen-bond donors (Lipinski definition) is 2. The summed E-state index contributed by atoms with van der Waals surface area (Å²) in [6.07, 6.45) is 1.78. The minimum atomic E-state index is -1.02. The highest BCUT2D eigenvalue weighted by Crippen LogP contribution is 2.22. The average molecular weight is 432 g/mol. The molecule has 0 saturated carbocycles. The Balaban J connectivity index is 1.43. The molecule has 0 atom stereocenters. The molecule has 2 N–H and O–H groups in total. The third kappa shape index (κ3) is 5.88. The summed E-state index contributed by atoms with van der Waals surface area (Å²) in [7, 11) is 0. The van der Waals surface area contributed by atoms with E-state index in [9.17, 15) is 24.1 Å². The molecule has 31 heavy (non-hydrogen) atoms. The number of nitrogens with one attached hydrogen (secondary N) is 2. The number of piperidine rings is 1. The number of benzene rings is 1. The Kier molecular flexibility index (Phi) is 7.01. The van der Waals surface area contributed by atoms with Gasteiger partial charge in [-0.05, 0) is 63.9 Å². The van der Waals surface area contributed by atoms with Gasteiger partial charge in [-0.15, -0.1) is 0 Å². The summed E-state index contributed by atoms with van der Waals surface area (Å²) in [4.78, 5) is 36.3. The van der Waals surface area contributed by atoms with Crippen molar-refractivity contribution in [2.45, 2.75) is 33.2 Å². The van der Waals surface area contributed by atoms with Gasteiger partial charge in [0.25, 0.3) is 0 Å². The number of anilines is 1. The molecule has 1 saturated heterocycles. The van der Waals surface area contributed by atoms with Crippen LogP contribution >= 0.6 is 0 Å². The van der Waals surface area contributed by atoms with Crippen LogP contribution in [0.4, 0.5) is 15.8 Å². The first-order valence-electron chi connectivity index (χ1n) is 10.0. The van der Waals surface area contributed by atoms with Crippen molar-refractivity contribution in [3.05, 3.63) is 57.3 Å². The standard InChI is InChI=1S/C21H25FN4O5/c1-13-9-16(14(2)31-13)12-25-7-5-15(6-8-25)11-23-20(27)21(28)24-17-3-4-18(22)19(10-17)26(29)30/h3-4,9-10,15H,5-8,11-12H2,1-2H3,(H,23,27)(H,24,28). The molecule has 0 bridgehead atoms. The number of amides is 2. The number of carbonyl (C=O) groups excluding carboxylic acids is 2. The minimum Gasteiger partial charge on any atom is -0.466 e. The maximum atomic E-state index is 13.4. The van der Waals surface area contributed by atoms with Crippen LogP contribution in [0.15, 0.2) is 28.7 Å². The van der Waals surface area contributed by atoms with Crippen molar-refractivity contribution in [1.82, 2.24) is 10.2 Å². The summed E-state index contributed by atoms with van der Waals surface area (Å²) in [5.41, 5.74) is 0.388. The van der Waals surface area contributed by atoms with Gasteiger partial charge in [0.05, 0.1) is 4.92 Å². The van der Waals surface area contributed by atoms with E-state index in [0.29, 0.717) is 6.54 Å². The van der Waals surface area contributed by atoms with E-state index in [1.54, 1.807) is 0 Å². The number of aryl methyl sites for hydroxylation is 2. The smallest absolute Gasteiger partial charge is 0.313 e. The predicted molar refractivity (Wildman–Crippen MR) is 111 cm³/mol. The number of rotatable bonds is 6. The van der Waals surface area contributed by atoms with E-state index in [0.717, 1.165) is 62.2 Å². The molecule has 1 aromatic carbocycles. The maximum Gasteiger partial charge on any atom is 0.313 e. The zero-order chi connectivity index (χ0) is 22.5. The first kappa shape index (κ1) is 22.4. The number of carbonyl (C=O) groups is 2. The van der Waals surface area contributed by atoms with E-state index < -0.39 is 28.2 Å². The Morgan fingerprint density at radius 3 is 2.55 bits per heavy atom. The second-order valence-electron chi connectivity index (χ2n) is 7.75. The molecule has 1 aliphatic heterocycles. The Morgan fingerprint density at radius 1 is 1.23 bits per heavy atom. The molecule has 0 radical (unpaired) electrons. The van der Waals surface area contributed by atoms with E-state index in [4.69, 9.17) is 4.42 Å². The van der Waals surface area contributed by atoms with Crippen molar-refractivity contribution in [1.29, 1.82) is 0 Å². The van der Waals surface area contributed by atoms with Gasteiger partial charge in [-0.1, -0.05) is 0 Å². The molecule has 2 aromatic rings. The largest absolute Gasteiger partial charge is 0.466 e. The van der Waals surface area contributed by atoms with Gasteiger partial charge in [0.1, 0.15) is 11.5 Å². The third-order valence-corrected chi connectivity index (χ3v) is 5.40. The number of furan rings is 1. The molecule has 1 fully saturated rings. The Bertz CT molecular complexity index is 982. The number of likely N-dealkylation sites (tertiary alicyclic amines) is 1. The van der Waals surface area contributed by atoms with E-state index in [2.05, 4.69) is 21.6 Å². The van der Waals surface area contributed by atoms with Crippen molar-refractivity contribution >= 4 is 23.2 Å². The van der Waals surface area contributed by atoms with Gasteiger partial charge < -0.3 is 15.1 Å². The fourth-order valence-electron chi connectivity index (χ4n) is 3.67. The number of hydrogen-bond acceptors (Lipinski definition) is 6. The van der Waals surface area contributed by atoms with Gasteiger partial charge in [0, 0.05) is 30.4 Å². The van der Waals surface area contributed by atoms with Crippen LogP contribution in [-0.4, -0.2) is 41.3 Å². The summed E-state index contributed by atoms with van der Waals surface area (Å²) in [6.45, 7) is 6.85. The lowest BCUT2D eigenvalue weighted by Crippen LogP contribution is -2.41. The van der Waals surface area contributed by atoms with E-state index >= 15 is 0 Å². The van der Waals surface area contributed by atoms with E-state index in [-0.39, 0.29) is 11.6 Å². The quantitative estimate of drug-likeness (QED) is 0.412. The molecule has 2 amide bonds.